The maximum absolute atomic E-state index is 6.39. The molecule has 1 aliphatic heterocycles. The van der Waals surface area contributed by atoms with Gasteiger partial charge in [-0.15, -0.1) is 0 Å². The molecule has 6 nitrogen and oxygen atoms in total. The van der Waals surface area contributed by atoms with Crippen molar-refractivity contribution in [2.24, 2.45) is 0 Å². The van der Waals surface area contributed by atoms with E-state index >= 15 is 0 Å². The second-order valence-electron chi connectivity index (χ2n) is 20.1. The largest absolute Gasteiger partial charge is 0.495 e. The van der Waals surface area contributed by atoms with E-state index < -0.39 is 0 Å². The molecule has 0 amide bonds. The molecule has 0 atom stereocenters. The fraction of sp³-hybridized carbons (Fsp3) is 0.0909. The van der Waals surface area contributed by atoms with E-state index in [4.69, 9.17) is 14.3 Å². The molecule has 0 radical (unpaired) electrons. The van der Waals surface area contributed by atoms with Gasteiger partial charge in [-0.1, -0.05) is 146 Å². The number of hydrogen-bond acceptors (Lipinski definition) is 6. The van der Waals surface area contributed by atoms with Crippen molar-refractivity contribution in [3.8, 4) is 33.8 Å². The number of aromatic nitrogens is 4. The minimum Gasteiger partial charge on any atom is -0.399 e. The minimum absolute atomic E-state index is 0.352. The molecule has 0 N–H and O–H groups in total. The maximum Gasteiger partial charge on any atom is 0.495 e. The molecule has 15 rings (SSSR count). The van der Waals surface area contributed by atoms with Crippen molar-refractivity contribution >= 4 is 115 Å². The van der Waals surface area contributed by atoms with Gasteiger partial charge in [0.25, 0.3) is 0 Å². The fourth-order valence-electron chi connectivity index (χ4n) is 11.1. The summed E-state index contributed by atoms with van der Waals surface area (Å²) in [4.78, 5) is 17.4. The van der Waals surface area contributed by atoms with Crippen molar-refractivity contribution in [2.75, 3.05) is 0 Å². The van der Waals surface area contributed by atoms with E-state index in [1.165, 1.54) is 86.2 Å². The zero-order valence-corrected chi connectivity index (χ0v) is 42.9. The van der Waals surface area contributed by atoms with Crippen molar-refractivity contribution in [1.82, 2.24) is 19.9 Å². The van der Waals surface area contributed by atoms with Crippen molar-refractivity contribution < 1.29 is 9.31 Å². The summed E-state index contributed by atoms with van der Waals surface area (Å²) in [6.07, 6.45) is 7.14. The lowest BCUT2D eigenvalue weighted by molar-refractivity contribution is 0.00578. The zero-order valence-electron chi connectivity index (χ0n) is 41.3. The molecule has 354 valence electrons. The fourth-order valence-corrected chi connectivity index (χ4v) is 11.4. The van der Waals surface area contributed by atoms with Crippen molar-refractivity contribution in [2.45, 2.75) is 38.9 Å². The molecule has 0 saturated carbocycles. The van der Waals surface area contributed by atoms with Crippen molar-refractivity contribution in [1.29, 1.82) is 0 Å². The maximum atomic E-state index is 6.39. The topological polar surface area (TPSA) is 70.0 Å². The molecular weight excluding hydrogens is 971 g/mol. The molecule has 0 aliphatic carbocycles. The number of halogens is 1. The molecule has 5 heterocycles. The molecular formula is C66H48BBrN4O2. The van der Waals surface area contributed by atoms with Gasteiger partial charge >= 0.3 is 7.12 Å². The molecule has 1 aliphatic rings. The number of pyridine rings is 4. The Morgan fingerprint density at radius 3 is 1.24 bits per heavy atom. The average molecular weight is 1020 g/mol. The summed E-state index contributed by atoms with van der Waals surface area (Å²) in [5, 5.41) is 20.8. The molecule has 1 fully saturated rings. The standard InChI is InChI=1S/C30H18N2.C26H23BO2.C10H7BrN2/c1-5-20-6-2-8-24-26-14-13-21(22-9-3-10-25(30(22)26)23(7-1)29(20)24)28-12-4-11-27(32-28)19-15-17-31-18-16-19;1-25(2)26(3,4)29-27(28-25)22-15-14-20-18-11-6-9-16-8-5-10-17(23(16)18)19-12-7-13-21(22)24(19)20;11-10-3-1-2-9(13-10)8-4-6-12-7-5-8/h1-18H;5-15H,1-4H3;1-7H. The van der Waals surface area contributed by atoms with Gasteiger partial charge < -0.3 is 9.31 Å². The summed E-state index contributed by atoms with van der Waals surface area (Å²) in [5.41, 5.74) is 6.62. The smallest absolute Gasteiger partial charge is 0.399 e. The summed E-state index contributed by atoms with van der Waals surface area (Å²) in [5.74, 6) is 0. The first-order valence-corrected chi connectivity index (χ1v) is 25.8. The number of nitrogens with zero attached hydrogens (tertiary/aromatic N) is 4. The molecule has 14 aromatic rings. The molecule has 10 aromatic carbocycles. The highest BCUT2D eigenvalue weighted by molar-refractivity contribution is 9.10. The van der Waals surface area contributed by atoms with Crippen LogP contribution in [0.25, 0.3) is 120 Å². The normalized spacial score (nSPS) is 14.1. The van der Waals surface area contributed by atoms with Crippen LogP contribution in [0.2, 0.25) is 0 Å². The Hall–Kier alpha value is -8.14. The van der Waals surface area contributed by atoms with Gasteiger partial charge in [0.1, 0.15) is 4.60 Å². The van der Waals surface area contributed by atoms with Gasteiger partial charge in [0.15, 0.2) is 0 Å². The third-order valence-corrected chi connectivity index (χ3v) is 15.7. The Labute approximate surface area is 437 Å². The van der Waals surface area contributed by atoms with Gasteiger partial charge in [-0.05, 0) is 184 Å². The monoisotopic (exact) mass is 1020 g/mol. The Kier molecular flexibility index (Phi) is 11.2. The highest BCUT2D eigenvalue weighted by Crippen LogP contribution is 2.44. The summed E-state index contributed by atoms with van der Waals surface area (Å²) >= 11 is 3.33. The van der Waals surface area contributed by atoms with Crippen LogP contribution in [0, 0.1) is 0 Å². The molecule has 0 spiro atoms. The van der Waals surface area contributed by atoms with Crippen LogP contribution in [-0.4, -0.2) is 38.3 Å². The van der Waals surface area contributed by atoms with Gasteiger partial charge in [-0.2, -0.15) is 0 Å². The lowest BCUT2D eigenvalue weighted by Crippen LogP contribution is -2.41. The summed E-state index contributed by atoms with van der Waals surface area (Å²) in [7, 11) is -0.364. The summed E-state index contributed by atoms with van der Waals surface area (Å²) in [6, 6.07) is 68.6. The van der Waals surface area contributed by atoms with Crippen LogP contribution in [0.5, 0.6) is 0 Å². The van der Waals surface area contributed by atoms with E-state index in [2.05, 4.69) is 210 Å². The number of fused-ring (bicyclic) bond motifs is 4. The Morgan fingerprint density at radius 2 is 0.730 bits per heavy atom. The van der Waals surface area contributed by atoms with E-state index in [1.807, 2.05) is 54.9 Å². The Bertz CT molecular complexity index is 4300. The molecule has 0 unspecified atom stereocenters. The van der Waals surface area contributed by atoms with Crippen LogP contribution in [0.15, 0.2) is 224 Å². The van der Waals surface area contributed by atoms with E-state index in [1.54, 1.807) is 12.4 Å². The van der Waals surface area contributed by atoms with Crippen molar-refractivity contribution in [3.63, 3.8) is 0 Å². The number of benzene rings is 10. The molecule has 8 heteroatoms. The summed E-state index contributed by atoms with van der Waals surface area (Å²) in [6.45, 7) is 8.42. The molecule has 1 saturated heterocycles. The van der Waals surface area contributed by atoms with Crippen LogP contribution < -0.4 is 5.46 Å². The lowest BCUT2D eigenvalue weighted by Gasteiger charge is -2.32. The van der Waals surface area contributed by atoms with Gasteiger partial charge in [0, 0.05) is 41.5 Å². The second-order valence-corrected chi connectivity index (χ2v) is 20.9. The predicted molar refractivity (Wildman–Crippen MR) is 313 cm³/mol. The van der Waals surface area contributed by atoms with E-state index in [9.17, 15) is 0 Å². The lowest BCUT2D eigenvalue weighted by atomic mass is 9.74. The summed E-state index contributed by atoms with van der Waals surface area (Å²) < 4.78 is 13.6. The first-order valence-electron chi connectivity index (χ1n) is 25.0. The van der Waals surface area contributed by atoms with E-state index in [0.29, 0.717) is 0 Å². The number of hydrogen-bond donors (Lipinski definition) is 0. The van der Waals surface area contributed by atoms with Crippen LogP contribution in [0.1, 0.15) is 27.7 Å². The Balaban J connectivity index is 0.000000116. The van der Waals surface area contributed by atoms with Gasteiger partial charge in [-0.25, -0.2) is 9.97 Å². The minimum atomic E-state index is -0.364. The first kappa shape index (κ1) is 45.7. The highest BCUT2D eigenvalue weighted by atomic mass is 79.9. The Morgan fingerprint density at radius 1 is 0.351 bits per heavy atom. The van der Waals surface area contributed by atoms with Crippen LogP contribution in [-0.2, 0) is 9.31 Å². The molecule has 0 bridgehead atoms. The predicted octanol–water partition coefficient (Wildman–Crippen LogP) is 16.8. The second kappa shape index (κ2) is 18.1. The quantitative estimate of drug-likeness (QED) is 0.0757. The molecule has 4 aromatic heterocycles. The highest BCUT2D eigenvalue weighted by Gasteiger charge is 2.52. The van der Waals surface area contributed by atoms with Gasteiger partial charge in [0.2, 0.25) is 0 Å². The van der Waals surface area contributed by atoms with E-state index in [0.717, 1.165) is 43.8 Å². The van der Waals surface area contributed by atoms with Crippen molar-refractivity contribution in [3.05, 3.63) is 224 Å². The first-order chi connectivity index (χ1) is 36.1. The third kappa shape index (κ3) is 7.72. The average Bonchev–Trinajstić information content (AvgIpc) is 3.67. The molecule has 74 heavy (non-hydrogen) atoms. The van der Waals surface area contributed by atoms with Crippen LogP contribution >= 0.6 is 15.9 Å². The van der Waals surface area contributed by atoms with Crippen LogP contribution in [0.3, 0.4) is 0 Å². The van der Waals surface area contributed by atoms with Gasteiger partial charge in [0.05, 0.1) is 28.3 Å². The van der Waals surface area contributed by atoms with Gasteiger partial charge in [-0.3, -0.25) is 9.97 Å². The number of rotatable bonds is 4. The SMILES string of the molecule is Brc1cccc(-c2ccncc2)n1.CC1(C)OB(c2ccc3c4cccc5cccc(c6cccc2c63)c54)OC1(C)C.c1cc(-c2ccncc2)nc(-c2ccc3c4cccc5cccc(c6cccc2c63)c54)c1. The third-order valence-electron chi connectivity index (χ3n) is 15.3. The van der Waals surface area contributed by atoms with E-state index in [-0.39, 0.29) is 18.3 Å². The zero-order chi connectivity index (χ0) is 50.1. The van der Waals surface area contributed by atoms with Crippen LogP contribution in [0.4, 0.5) is 0 Å².